The summed E-state index contributed by atoms with van der Waals surface area (Å²) in [6, 6.07) is 10.8. The zero-order valence-electron chi connectivity index (χ0n) is 9.91. The molecule has 1 aromatic carbocycles. The molecule has 0 amide bonds. The molecule has 0 spiro atoms. The van der Waals surface area contributed by atoms with Gasteiger partial charge in [-0.25, -0.2) is 0 Å². The maximum absolute atomic E-state index is 3.76. The summed E-state index contributed by atoms with van der Waals surface area (Å²) in [4.78, 5) is 0. The van der Waals surface area contributed by atoms with E-state index in [1.165, 1.54) is 37.7 Å². The van der Waals surface area contributed by atoms with Crippen molar-refractivity contribution in [3.05, 3.63) is 54.1 Å². The van der Waals surface area contributed by atoms with Gasteiger partial charge in [-0.05, 0) is 49.7 Å². The number of rotatable bonds is 6. The predicted octanol–water partition coefficient (Wildman–Crippen LogP) is 4.98. The number of unbranched alkanes of at least 4 members (excludes halogenated alkanes) is 2. The lowest BCUT2D eigenvalue weighted by molar-refractivity contribution is 0.700. The van der Waals surface area contributed by atoms with Crippen molar-refractivity contribution in [2.75, 3.05) is 0 Å². The molecule has 0 aromatic heterocycles. The molecule has 16 heavy (non-hydrogen) atoms. The van der Waals surface area contributed by atoms with Gasteiger partial charge in [0.1, 0.15) is 0 Å². The van der Waals surface area contributed by atoms with E-state index in [1.54, 1.807) is 11.1 Å². The molecule has 0 atom stereocenters. The minimum Gasteiger partial charge on any atom is -0.103 e. The summed E-state index contributed by atoms with van der Waals surface area (Å²) in [5.41, 5.74) is 4.74. The Hall–Kier alpha value is -1.30. The molecule has 0 N–H and O–H groups in total. The van der Waals surface area contributed by atoms with Gasteiger partial charge in [-0.1, -0.05) is 42.0 Å². The topological polar surface area (TPSA) is 0 Å². The van der Waals surface area contributed by atoms with Gasteiger partial charge in [0.15, 0.2) is 0 Å². The zero-order valence-corrected chi connectivity index (χ0v) is 9.91. The second-order valence-electron chi connectivity index (χ2n) is 4.48. The van der Waals surface area contributed by atoms with Crippen molar-refractivity contribution >= 4 is 5.57 Å². The van der Waals surface area contributed by atoms with E-state index in [9.17, 15) is 0 Å². The molecular formula is C16H20. The maximum atomic E-state index is 3.76. The molecule has 1 aromatic rings. The van der Waals surface area contributed by atoms with Gasteiger partial charge in [0.2, 0.25) is 0 Å². The number of allylic oxidation sites excluding steroid dienone is 3. The minimum atomic E-state index is 1.16. The van der Waals surface area contributed by atoms with Crippen LogP contribution in [-0.2, 0) is 0 Å². The molecule has 0 heteroatoms. The van der Waals surface area contributed by atoms with E-state index < -0.39 is 0 Å². The van der Waals surface area contributed by atoms with Crippen LogP contribution >= 0.6 is 0 Å². The SMILES string of the molecule is C=CCCCCC1=C(c2ccccc2)CC1. The first-order valence-electron chi connectivity index (χ1n) is 6.29. The highest BCUT2D eigenvalue weighted by molar-refractivity contribution is 5.73. The minimum absolute atomic E-state index is 1.16. The van der Waals surface area contributed by atoms with Crippen LogP contribution in [0.15, 0.2) is 48.6 Å². The number of hydrogen-bond acceptors (Lipinski definition) is 0. The Labute approximate surface area is 98.7 Å². The van der Waals surface area contributed by atoms with E-state index in [-0.39, 0.29) is 0 Å². The normalized spacial score (nSPS) is 14.8. The summed E-state index contributed by atoms with van der Waals surface area (Å²) >= 11 is 0. The van der Waals surface area contributed by atoms with Crippen molar-refractivity contribution in [1.82, 2.24) is 0 Å². The first-order valence-corrected chi connectivity index (χ1v) is 6.29. The molecule has 84 valence electrons. The lowest BCUT2D eigenvalue weighted by Gasteiger charge is -2.24. The van der Waals surface area contributed by atoms with Crippen LogP contribution in [0.25, 0.3) is 5.57 Å². The lowest BCUT2D eigenvalue weighted by Crippen LogP contribution is -2.03. The van der Waals surface area contributed by atoms with Crippen LogP contribution in [0.1, 0.15) is 44.1 Å². The van der Waals surface area contributed by atoms with Gasteiger partial charge in [-0.2, -0.15) is 0 Å². The van der Waals surface area contributed by atoms with Crippen molar-refractivity contribution in [3.63, 3.8) is 0 Å². The van der Waals surface area contributed by atoms with Gasteiger partial charge in [0.25, 0.3) is 0 Å². The molecule has 0 heterocycles. The lowest BCUT2D eigenvalue weighted by atomic mass is 9.81. The average Bonchev–Trinajstić information content (AvgIpc) is 2.29. The van der Waals surface area contributed by atoms with Gasteiger partial charge >= 0.3 is 0 Å². The molecule has 1 aliphatic rings. The maximum Gasteiger partial charge on any atom is -0.0225 e. The first-order chi connectivity index (χ1) is 7.92. The van der Waals surface area contributed by atoms with Gasteiger partial charge in [0.05, 0.1) is 0 Å². The third-order valence-corrected chi connectivity index (χ3v) is 3.36. The average molecular weight is 212 g/mol. The summed E-state index contributed by atoms with van der Waals surface area (Å²) in [6.45, 7) is 3.76. The molecule has 1 aliphatic carbocycles. The Morgan fingerprint density at radius 2 is 1.88 bits per heavy atom. The largest absolute Gasteiger partial charge is 0.103 e. The van der Waals surface area contributed by atoms with Crippen molar-refractivity contribution in [1.29, 1.82) is 0 Å². The molecule has 0 radical (unpaired) electrons. The van der Waals surface area contributed by atoms with Gasteiger partial charge < -0.3 is 0 Å². The van der Waals surface area contributed by atoms with E-state index in [2.05, 4.69) is 36.9 Å². The molecule has 2 rings (SSSR count). The van der Waals surface area contributed by atoms with E-state index in [1.807, 2.05) is 6.08 Å². The third kappa shape index (κ3) is 2.63. The molecule has 0 aliphatic heterocycles. The Morgan fingerprint density at radius 3 is 2.50 bits per heavy atom. The molecule has 0 saturated carbocycles. The highest BCUT2D eigenvalue weighted by atomic mass is 14.2. The number of hydrogen-bond donors (Lipinski definition) is 0. The smallest absolute Gasteiger partial charge is 0.0225 e. The van der Waals surface area contributed by atoms with Crippen molar-refractivity contribution in [2.24, 2.45) is 0 Å². The fourth-order valence-corrected chi connectivity index (χ4v) is 2.32. The first kappa shape index (κ1) is 11.2. The Bertz CT molecular complexity index is 370. The fourth-order valence-electron chi connectivity index (χ4n) is 2.32. The van der Waals surface area contributed by atoms with Gasteiger partial charge in [-0.3, -0.25) is 0 Å². The van der Waals surface area contributed by atoms with Crippen molar-refractivity contribution in [2.45, 2.75) is 38.5 Å². The molecule has 0 nitrogen and oxygen atoms in total. The summed E-state index contributed by atoms with van der Waals surface area (Å²) in [5, 5.41) is 0. The van der Waals surface area contributed by atoms with Crippen LogP contribution in [0.2, 0.25) is 0 Å². The summed E-state index contributed by atoms with van der Waals surface area (Å²) in [6.07, 6.45) is 9.67. The Kier molecular flexibility index (Phi) is 3.98. The van der Waals surface area contributed by atoms with Crippen LogP contribution in [0.3, 0.4) is 0 Å². The van der Waals surface area contributed by atoms with Crippen LogP contribution in [-0.4, -0.2) is 0 Å². The monoisotopic (exact) mass is 212 g/mol. The number of benzene rings is 1. The van der Waals surface area contributed by atoms with E-state index in [0.29, 0.717) is 0 Å². The van der Waals surface area contributed by atoms with Crippen molar-refractivity contribution < 1.29 is 0 Å². The van der Waals surface area contributed by atoms with Crippen molar-refractivity contribution in [3.8, 4) is 0 Å². The summed E-state index contributed by atoms with van der Waals surface area (Å²) < 4.78 is 0. The van der Waals surface area contributed by atoms with Crippen LogP contribution < -0.4 is 0 Å². The zero-order chi connectivity index (χ0) is 11.2. The third-order valence-electron chi connectivity index (χ3n) is 3.36. The van der Waals surface area contributed by atoms with Crippen LogP contribution in [0.5, 0.6) is 0 Å². The molecule has 0 unspecified atom stereocenters. The van der Waals surface area contributed by atoms with E-state index in [0.717, 1.165) is 6.42 Å². The van der Waals surface area contributed by atoms with E-state index in [4.69, 9.17) is 0 Å². The summed E-state index contributed by atoms with van der Waals surface area (Å²) in [5.74, 6) is 0. The van der Waals surface area contributed by atoms with Crippen LogP contribution in [0.4, 0.5) is 0 Å². The second kappa shape index (κ2) is 5.69. The fraction of sp³-hybridized carbons (Fsp3) is 0.375. The molecule has 0 bridgehead atoms. The van der Waals surface area contributed by atoms with E-state index >= 15 is 0 Å². The van der Waals surface area contributed by atoms with Gasteiger partial charge in [-0.15, -0.1) is 6.58 Å². The predicted molar refractivity (Wildman–Crippen MR) is 71.3 cm³/mol. The highest BCUT2D eigenvalue weighted by Gasteiger charge is 2.17. The molecule has 0 fully saturated rings. The second-order valence-corrected chi connectivity index (χ2v) is 4.48. The molecular weight excluding hydrogens is 192 g/mol. The highest BCUT2D eigenvalue weighted by Crippen LogP contribution is 2.38. The molecule has 0 saturated heterocycles. The Balaban J connectivity index is 1.92. The Morgan fingerprint density at radius 1 is 1.06 bits per heavy atom. The standard InChI is InChI=1S/C16H20/c1-2-3-4-6-11-15-12-13-16(15)14-9-7-5-8-10-14/h2,5,7-10H,1,3-4,6,11-13H2. The van der Waals surface area contributed by atoms with Crippen LogP contribution in [0, 0.1) is 0 Å². The quantitative estimate of drug-likeness (QED) is 0.461. The summed E-state index contributed by atoms with van der Waals surface area (Å²) in [7, 11) is 0. The van der Waals surface area contributed by atoms with Gasteiger partial charge in [0, 0.05) is 0 Å².